The van der Waals surface area contributed by atoms with Crippen LogP contribution in [0.15, 0.2) is 54.6 Å². The van der Waals surface area contributed by atoms with Crippen molar-refractivity contribution in [3.8, 4) is 5.75 Å². The summed E-state index contributed by atoms with van der Waals surface area (Å²) in [5.41, 5.74) is 1.51. The van der Waals surface area contributed by atoms with Crippen LogP contribution in [0.25, 0.3) is 0 Å². The van der Waals surface area contributed by atoms with Crippen LogP contribution in [-0.4, -0.2) is 50.1 Å². The quantitative estimate of drug-likeness (QED) is 0.892. The Morgan fingerprint density at radius 1 is 1.19 bits per heavy atom. The molecule has 1 aliphatic heterocycles. The van der Waals surface area contributed by atoms with E-state index in [1.165, 1.54) is 0 Å². The molecule has 1 heterocycles. The molecule has 6 nitrogen and oxygen atoms in total. The number of methoxy groups -OCH3 is 1. The maximum absolute atomic E-state index is 12.5. The number of hydrogen-bond donors (Lipinski definition) is 1. The first-order chi connectivity index (χ1) is 12.7. The fourth-order valence-electron chi connectivity index (χ4n) is 2.88. The first-order valence-electron chi connectivity index (χ1n) is 8.54. The van der Waals surface area contributed by atoms with Crippen LogP contribution in [-0.2, 0) is 9.53 Å². The average Bonchev–Trinajstić information content (AvgIpc) is 2.72. The highest BCUT2D eigenvalue weighted by atomic mass is 16.5. The third-order valence-corrected chi connectivity index (χ3v) is 4.32. The van der Waals surface area contributed by atoms with Gasteiger partial charge >= 0.3 is 0 Å². The van der Waals surface area contributed by atoms with Gasteiger partial charge in [0.25, 0.3) is 5.91 Å². The van der Waals surface area contributed by atoms with Crippen LogP contribution in [0.5, 0.6) is 5.75 Å². The molecule has 1 unspecified atom stereocenters. The Balaban J connectivity index is 1.55. The lowest BCUT2D eigenvalue weighted by Gasteiger charge is -2.33. The lowest BCUT2D eigenvalue weighted by molar-refractivity contribution is -0.137. The first kappa shape index (κ1) is 17.9. The number of ether oxygens (including phenoxy) is 2. The summed E-state index contributed by atoms with van der Waals surface area (Å²) in [6.45, 7) is 1.45. The number of nitrogens with one attached hydrogen (secondary N) is 1. The number of nitrogens with zero attached hydrogens (tertiary/aromatic N) is 1. The van der Waals surface area contributed by atoms with Gasteiger partial charge in [0.1, 0.15) is 11.9 Å². The fourth-order valence-corrected chi connectivity index (χ4v) is 2.88. The SMILES string of the molecule is COc1cccc(C(=O)NCC(=O)N2CCOC(c3ccccc3)C2)c1. The summed E-state index contributed by atoms with van der Waals surface area (Å²) in [6, 6.07) is 16.7. The molecule has 0 aliphatic carbocycles. The maximum Gasteiger partial charge on any atom is 0.251 e. The summed E-state index contributed by atoms with van der Waals surface area (Å²) in [7, 11) is 1.54. The zero-order valence-electron chi connectivity index (χ0n) is 14.7. The number of morpholine rings is 1. The Bertz CT molecular complexity index is 763. The van der Waals surface area contributed by atoms with Crippen LogP contribution in [0.1, 0.15) is 22.0 Å². The minimum atomic E-state index is -0.301. The van der Waals surface area contributed by atoms with Crippen molar-refractivity contribution in [1.82, 2.24) is 10.2 Å². The van der Waals surface area contributed by atoms with Gasteiger partial charge in [-0.1, -0.05) is 36.4 Å². The molecule has 3 rings (SSSR count). The molecule has 1 saturated heterocycles. The first-order valence-corrected chi connectivity index (χ1v) is 8.54. The second kappa shape index (κ2) is 8.49. The van der Waals surface area contributed by atoms with Gasteiger partial charge in [-0.3, -0.25) is 9.59 Å². The van der Waals surface area contributed by atoms with Crippen LogP contribution in [0, 0.1) is 0 Å². The molecule has 0 saturated carbocycles. The van der Waals surface area contributed by atoms with Crippen molar-refractivity contribution in [3.05, 3.63) is 65.7 Å². The molecule has 1 fully saturated rings. The standard InChI is InChI=1S/C20H22N2O4/c1-25-17-9-5-8-16(12-17)20(24)21-13-19(23)22-10-11-26-18(14-22)15-6-3-2-4-7-15/h2-9,12,18H,10-11,13-14H2,1H3,(H,21,24). The number of hydrogen-bond acceptors (Lipinski definition) is 4. The number of amides is 2. The largest absolute Gasteiger partial charge is 0.497 e. The fraction of sp³-hybridized carbons (Fsp3) is 0.300. The van der Waals surface area contributed by atoms with Crippen molar-refractivity contribution in [2.45, 2.75) is 6.10 Å². The van der Waals surface area contributed by atoms with Crippen LogP contribution >= 0.6 is 0 Å². The van der Waals surface area contributed by atoms with Gasteiger partial charge in [0.05, 0.1) is 26.8 Å². The minimum absolute atomic E-state index is 0.0441. The van der Waals surface area contributed by atoms with Gasteiger partial charge in [0.2, 0.25) is 5.91 Å². The number of benzene rings is 2. The Kier molecular flexibility index (Phi) is 5.86. The van der Waals surface area contributed by atoms with Crippen LogP contribution < -0.4 is 10.1 Å². The van der Waals surface area contributed by atoms with Crippen LogP contribution in [0.4, 0.5) is 0 Å². The van der Waals surface area contributed by atoms with E-state index in [1.807, 2.05) is 30.3 Å². The summed E-state index contributed by atoms with van der Waals surface area (Å²) in [5, 5.41) is 2.68. The topological polar surface area (TPSA) is 67.9 Å². The summed E-state index contributed by atoms with van der Waals surface area (Å²) in [5.74, 6) is 0.179. The van der Waals surface area contributed by atoms with E-state index >= 15 is 0 Å². The van der Waals surface area contributed by atoms with Gasteiger partial charge in [0.15, 0.2) is 0 Å². The smallest absolute Gasteiger partial charge is 0.251 e. The predicted molar refractivity (Wildman–Crippen MR) is 97.0 cm³/mol. The van der Waals surface area contributed by atoms with Gasteiger partial charge in [-0.25, -0.2) is 0 Å². The lowest BCUT2D eigenvalue weighted by Crippen LogP contribution is -2.46. The van der Waals surface area contributed by atoms with E-state index in [0.717, 1.165) is 5.56 Å². The summed E-state index contributed by atoms with van der Waals surface area (Å²) < 4.78 is 10.9. The normalized spacial score (nSPS) is 16.8. The van der Waals surface area contributed by atoms with E-state index in [2.05, 4.69) is 5.32 Å². The van der Waals surface area contributed by atoms with Gasteiger partial charge in [-0.15, -0.1) is 0 Å². The second-order valence-electron chi connectivity index (χ2n) is 6.02. The van der Waals surface area contributed by atoms with Gasteiger partial charge < -0.3 is 19.7 Å². The average molecular weight is 354 g/mol. The molecule has 0 radical (unpaired) electrons. The Morgan fingerprint density at radius 3 is 2.77 bits per heavy atom. The van der Waals surface area contributed by atoms with Crippen molar-refractivity contribution in [3.63, 3.8) is 0 Å². The van der Waals surface area contributed by atoms with Gasteiger partial charge in [-0.2, -0.15) is 0 Å². The predicted octanol–water partition coefficient (Wildman–Crippen LogP) is 2.03. The van der Waals surface area contributed by atoms with Crippen LogP contribution in [0.3, 0.4) is 0 Å². The Labute approximate surface area is 152 Å². The summed E-state index contributed by atoms with van der Waals surface area (Å²) >= 11 is 0. The molecule has 2 aromatic rings. The van der Waals surface area contributed by atoms with E-state index < -0.39 is 0 Å². The molecule has 1 aliphatic rings. The molecule has 136 valence electrons. The van der Waals surface area contributed by atoms with Crippen LogP contribution in [0.2, 0.25) is 0 Å². The number of rotatable bonds is 5. The molecule has 1 atom stereocenters. The molecular weight excluding hydrogens is 332 g/mol. The monoisotopic (exact) mass is 354 g/mol. The second-order valence-corrected chi connectivity index (χ2v) is 6.02. The molecular formula is C20H22N2O4. The molecule has 0 aromatic heterocycles. The van der Waals surface area contributed by atoms with Crippen molar-refractivity contribution in [2.75, 3.05) is 33.4 Å². The van der Waals surface area contributed by atoms with Crippen molar-refractivity contribution in [1.29, 1.82) is 0 Å². The van der Waals surface area contributed by atoms with E-state index in [-0.39, 0.29) is 24.5 Å². The number of carbonyl (C=O) groups excluding carboxylic acids is 2. The zero-order valence-corrected chi connectivity index (χ0v) is 14.7. The van der Waals surface area contributed by atoms with Crippen molar-refractivity contribution < 1.29 is 19.1 Å². The van der Waals surface area contributed by atoms with E-state index in [4.69, 9.17) is 9.47 Å². The molecule has 0 bridgehead atoms. The third-order valence-electron chi connectivity index (χ3n) is 4.32. The summed E-state index contributed by atoms with van der Waals surface area (Å²) in [6.07, 6.45) is -0.136. The summed E-state index contributed by atoms with van der Waals surface area (Å²) in [4.78, 5) is 26.4. The Morgan fingerprint density at radius 2 is 2.00 bits per heavy atom. The van der Waals surface area contributed by atoms with Gasteiger partial charge in [-0.05, 0) is 23.8 Å². The third kappa shape index (κ3) is 4.40. The Hall–Kier alpha value is -2.86. The molecule has 2 amide bonds. The molecule has 6 heteroatoms. The minimum Gasteiger partial charge on any atom is -0.497 e. The van der Waals surface area contributed by atoms with Crippen molar-refractivity contribution in [2.24, 2.45) is 0 Å². The highest BCUT2D eigenvalue weighted by Crippen LogP contribution is 2.21. The number of carbonyl (C=O) groups is 2. The van der Waals surface area contributed by atoms with E-state index in [0.29, 0.717) is 31.0 Å². The van der Waals surface area contributed by atoms with E-state index in [9.17, 15) is 9.59 Å². The maximum atomic E-state index is 12.5. The highest BCUT2D eigenvalue weighted by molar-refractivity contribution is 5.96. The molecule has 1 N–H and O–H groups in total. The molecule has 26 heavy (non-hydrogen) atoms. The zero-order chi connectivity index (χ0) is 18.4. The molecule has 2 aromatic carbocycles. The van der Waals surface area contributed by atoms with Gasteiger partial charge in [0, 0.05) is 12.1 Å². The van der Waals surface area contributed by atoms with Crippen molar-refractivity contribution >= 4 is 11.8 Å². The van der Waals surface area contributed by atoms with E-state index in [1.54, 1.807) is 36.3 Å². The molecule has 0 spiro atoms. The lowest BCUT2D eigenvalue weighted by atomic mass is 10.1. The highest BCUT2D eigenvalue weighted by Gasteiger charge is 2.25.